The first kappa shape index (κ1) is 12.8. The van der Waals surface area contributed by atoms with Gasteiger partial charge in [0.15, 0.2) is 0 Å². The van der Waals surface area contributed by atoms with E-state index in [0.29, 0.717) is 0 Å². The molecule has 0 saturated carbocycles. The number of rotatable bonds is 3. The number of allylic oxidation sites excluding steroid dienone is 1. The maximum absolute atomic E-state index is 11.6. The molecule has 1 rings (SSSR count). The van der Waals surface area contributed by atoms with Crippen molar-refractivity contribution in [2.75, 3.05) is 0 Å². The molecule has 2 nitrogen and oxygen atoms in total. The Bertz CT molecular complexity index is 402. The molecule has 3 heteroatoms. The molecule has 0 saturated heterocycles. The van der Waals surface area contributed by atoms with Gasteiger partial charge in [0.25, 0.3) is 0 Å². The molecule has 0 N–H and O–H groups in total. The van der Waals surface area contributed by atoms with E-state index >= 15 is 0 Å². The van der Waals surface area contributed by atoms with Gasteiger partial charge in [0.1, 0.15) is 11.0 Å². The third-order valence-corrected chi connectivity index (χ3v) is 3.22. The number of benzene rings is 1. The zero-order valence-corrected chi connectivity index (χ0v) is 10.7. The predicted molar refractivity (Wildman–Crippen MR) is 71.9 cm³/mol. The maximum atomic E-state index is 11.6. The molecule has 0 aliphatic heterocycles. The molecule has 0 unspecified atom stereocenters. The van der Waals surface area contributed by atoms with Crippen molar-refractivity contribution in [1.29, 1.82) is 0 Å². The second-order valence-corrected chi connectivity index (χ2v) is 6.32. The fourth-order valence-corrected chi connectivity index (χ4v) is 1.46. The molecule has 0 aliphatic carbocycles. The third-order valence-electron chi connectivity index (χ3n) is 1.85. The van der Waals surface area contributed by atoms with E-state index in [4.69, 9.17) is 0 Å². The molecule has 0 radical (unpaired) electrons. The summed E-state index contributed by atoms with van der Waals surface area (Å²) in [7, 11) is -1.18. The Morgan fingerprint density at radius 1 is 1.19 bits per heavy atom. The summed E-state index contributed by atoms with van der Waals surface area (Å²) in [5.41, 5.74) is 1.11. The largest absolute Gasteiger partial charge is 0.234 e. The summed E-state index contributed by atoms with van der Waals surface area (Å²) in [6.07, 6.45) is 5.33. The topological polar surface area (TPSA) is 29.4 Å². The molecule has 1 aromatic rings. The van der Waals surface area contributed by atoms with Crippen molar-refractivity contribution in [2.24, 2.45) is 4.40 Å². The minimum Gasteiger partial charge on any atom is -0.234 e. The average Bonchev–Trinajstić information content (AvgIpc) is 2.24. The Morgan fingerprint density at radius 2 is 1.81 bits per heavy atom. The van der Waals surface area contributed by atoms with Crippen LogP contribution in [0.4, 0.5) is 0 Å². The second kappa shape index (κ2) is 5.75. The van der Waals surface area contributed by atoms with Crippen molar-refractivity contribution in [1.82, 2.24) is 0 Å². The standard InChI is InChI=1S/C13H17NOS/c1-13(2,3)16(15)14-11-7-10-12-8-5-4-6-9-12/h4-11H,1-3H3/b10-7+,14-11+/t16-/m0/s1. The molecular formula is C13H17NOS. The Hall–Kier alpha value is -1.22. The van der Waals surface area contributed by atoms with Gasteiger partial charge in [-0.25, -0.2) is 4.21 Å². The summed E-state index contributed by atoms with van der Waals surface area (Å²) in [5.74, 6) is 0. The number of hydrogen-bond donors (Lipinski definition) is 0. The molecule has 0 aliphatic rings. The fraction of sp³-hybridized carbons (Fsp3) is 0.308. The summed E-state index contributed by atoms with van der Waals surface area (Å²) < 4.78 is 15.2. The van der Waals surface area contributed by atoms with Crippen molar-refractivity contribution in [3.63, 3.8) is 0 Å². The van der Waals surface area contributed by atoms with Gasteiger partial charge in [-0.15, -0.1) is 0 Å². The van der Waals surface area contributed by atoms with Crippen molar-refractivity contribution in [2.45, 2.75) is 25.5 Å². The highest BCUT2D eigenvalue weighted by molar-refractivity contribution is 7.85. The van der Waals surface area contributed by atoms with Gasteiger partial charge in [-0.2, -0.15) is 4.40 Å². The first-order valence-corrected chi connectivity index (χ1v) is 6.28. The highest BCUT2D eigenvalue weighted by Crippen LogP contribution is 2.11. The number of hydrogen-bond acceptors (Lipinski definition) is 1. The Labute approximate surface area is 99.7 Å². The zero-order chi connectivity index (χ0) is 12.0. The Kier molecular flexibility index (Phi) is 4.62. The maximum Gasteiger partial charge on any atom is 0.144 e. The average molecular weight is 235 g/mol. The van der Waals surface area contributed by atoms with Crippen LogP contribution in [-0.2, 0) is 11.0 Å². The van der Waals surface area contributed by atoms with Gasteiger partial charge in [-0.1, -0.05) is 36.4 Å². The highest BCUT2D eigenvalue weighted by atomic mass is 32.2. The van der Waals surface area contributed by atoms with Gasteiger partial charge in [0, 0.05) is 6.21 Å². The summed E-state index contributed by atoms with van der Waals surface area (Å²) in [6.45, 7) is 5.71. The van der Waals surface area contributed by atoms with Crippen molar-refractivity contribution >= 4 is 23.3 Å². The van der Waals surface area contributed by atoms with Crippen LogP contribution in [0.3, 0.4) is 0 Å². The Morgan fingerprint density at radius 3 is 2.38 bits per heavy atom. The summed E-state index contributed by atoms with van der Waals surface area (Å²) in [4.78, 5) is 0. The van der Waals surface area contributed by atoms with Gasteiger partial charge in [-0.3, -0.25) is 0 Å². The van der Waals surface area contributed by atoms with E-state index in [-0.39, 0.29) is 4.75 Å². The molecule has 0 spiro atoms. The van der Waals surface area contributed by atoms with Crippen LogP contribution in [0.1, 0.15) is 26.3 Å². The van der Waals surface area contributed by atoms with Gasteiger partial charge < -0.3 is 0 Å². The highest BCUT2D eigenvalue weighted by Gasteiger charge is 2.17. The SMILES string of the molecule is CC(C)(C)[S@](=O)/N=C/C=C/c1ccccc1. The minimum atomic E-state index is -1.18. The van der Waals surface area contributed by atoms with Crippen LogP contribution in [0.15, 0.2) is 40.8 Å². The smallest absolute Gasteiger partial charge is 0.144 e. The van der Waals surface area contributed by atoms with E-state index in [0.717, 1.165) is 5.56 Å². The lowest BCUT2D eigenvalue weighted by atomic mass is 10.2. The van der Waals surface area contributed by atoms with E-state index in [9.17, 15) is 4.21 Å². The summed E-state index contributed by atoms with van der Waals surface area (Å²) in [5, 5.41) is 0. The quantitative estimate of drug-likeness (QED) is 0.740. The fourth-order valence-electron chi connectivity index (χ4n) is 0.967. The lowest BCUT2D eigenvalue weighted by Gasteiger charge is -2.12. The van der Waals surface area contributed by atoms with Gasteiger partial charge in [0.05, 0.1) is 4.75 Å². The van der Waals surface area contributed by atoms with Crippen LogP contribution >= 0.6 is 0 Å². The molecule has 1 aromatic carbocycles. The van der Waals surface area contributed by atoms with Gasteiger partial charge in [0.2, 0.25) is 0 Å². The molecule has 0 amide bonds. The lowest BCUT2D eigenvalue weighted by Crippen LogP contribution is -2.19. The molecule has 0 fully saturated rings. The van der Waals surface area contributed by atoms with Crippen molar-refractivity contribution in [3.8, 4) is 0 Å². The summed E-state index contributed by atoms with van der Waals surface area (Å²) in [6, 6.07) is 9.93. The van der Waals surface area contributed by atoms with E-state index in [1.165, 1.54) is 0 Å². The lowest BCUT2D eigenvalue weighted by molar-refractivity contribution is 0.651. The van der Waals surface area contributed by atoms with Crippen LogP contribution in [0.5, 0.6) is 0 Å². The first-order chi connectivity index (χ1) is 7.50. The first-order valence-electron chi connectivity index (χ1n) is 5.18. The van der Waals surface area contributed by atoms with E-state index in [2.05, 4.69) is 4.40 Å². The molecular weight excluding hydrogens is 218 g/mol. The van der Waals surface area contributed by atoms with Crippen molar-refractivity contribution in [3.05, 3.63) is 42.0 Å². The van der Waals surface area contributed by atoms with Gasteiger partial charge in [-0.05, 0) is 32.4 Å². The van der Waals surface area contributed by atoms with Gasteiger partial charge >= 0.3 is 0 Å². The molecule has 0 aromatic heterocycles. The van der Waals surface area contributed by atoms with Crippen LogP contribution < -0.4 is 0 Å². The molecule has 86 valence electrons. The predicted octanol–water partition coefficient (Wildman–Crippen LogP) is 3.23. The summed E-state index contributed by atoms with van der Waals surface area (Å²) >= 11 is 0. The Balaban J connectivity index is 2.56. The van der Waals surface area contributed by atoms with Crippen LogP contribution in [-0.4, -0.2) is 15.2 Å². The normalized spacial score (nSPS) is 14.7. The van der Waals surface area contributed by atoms with Crippen LogP contribution in [0, 0.1) is 0 Å². The van der Waals surface area contributed by atoms with E-state index in [1.807, 2.05) is 57.2 Å². The van der Waals surface area contributed by atoms with Crippen LogP contribution in [0.2, 0.25) is 0 Å². The van der Waals surface area contributed by atoms with Crippen LogP contribution in [0.25, 0.3) is 6.08 Å². The molecule has 1 atom stereocenters. The monoisotopic (exact) mass is 235 g/mol. The molecule has 16 heavy (non-hydrogen) atoms. The number of nitrogens with zero attached hydrogens (tertiary/aromatic N) is 1. The second-order valence-electron chi connectivity index (χ2n) is 4.39. The van der Waals surface area contributed by atoms with E-state index < -0.39 is 11.0 Å². The third kappa shape index (κ3) is 4.53. The zero-order valence-electron chi connectivity index (χ0n) is 9.88. The molecule has 0 bridgehead atoms. The van der Waals surface area contributed by atoms with Crippen molar-refractivity contribution < 1.29 is 4.21 Å². The van der Waals surface area contributed by atoms with E-state index in [1.54, 1.807) is 12.3 Å². The molecule has 0 heterocycles. The minimum absolute atomic E-state index is 0.295.